The Bertz CT molecular complexity index is 1680. The summed E-state index contributed by atoms with van der Waals surface area (Å²) in [5.74, 6) is 0.329. The molecule has 1 aliphatic carbocycles. The molecule has 36 heavy (non-hydrogen) atoms. The first-order chi connectivity index (χ1) is 17.5. The monoisotopic (exact) mass is 463 g/mol. The zero-order valence-corrected chi connectivity index (χ0v) is 21.3. The maximum Gasteiger partial charge on any atom is 0.0533 e. The van der Waals surface area contributed by atoms with E-state index in [1.807, 2.05) is 0 Å². The molecule has 0 spiro atoms. The number of rotatable bonds is 0. The first-order valence-corrected chi connectivity index (χ1v) is 12.8. The summed E-state index contributed by atoms with van der Waals surface area (Å²) in [6.07, 6.45) is 0. The van der Waals surface area contributed by atoms with Crippen molar-refractivity contribution in [2.45, 2.75) is 26.7 Å². The number of aryl methyl sites for hydroxylation is 2. The van der Waals surface area contributed by atoms with E-state index in [1.54, 1.807) is 0 Å². The molecule has 1 unspecified atom stereocenters. The van der Waals surface area contributed by atoms with Gasteiger partial charge in [-0.3, -0.25) is 0 Å². The fraction of sp³-hybridized carbons (Fsp3) is 0.143. The van der Waals surface area contributed by atoms with Crippen molar-refractivity contribution < 1.29 is 0 Å². The van der Waals surface area contributed by atoms with Crippen LogP contribution in [0.1, 0.15) is 35.1 Å². The van der Waals surface area contributed by atoms with Crippen LogP contribution in [0.5, 0.6) is 0 Å². The van der Waals surface area contributed by atoms with Gasteiger partial charge in [0.25, 0.3) is 0 Å². The van der Waals surface area contributed by atoms with E-state index in [4.69, 9.17) is 0 Å². The van der Waals surface area contributed by atoms with Gasteiger partial charge in [0.05, 0.1) is 5.69 Å². The Hall–Kier alpha value is -4.10. The van der Waals surface area contributed by atoms with Crippen molar-refractivity contribution in [1.82, 2.24) is 0 Å². The molecule has 1 aliphatic heterocycles. The lowest BCUT2D eigenvalue weighted by Crippen LogP contribution is -2.23. The van der Waals surface area contributed by atoms with Crippen LogP contribution in [-0.2, 0) is 0 Å². The van der Waals surface area contributed by atoms with E-state index in [-0.39, 0.29) is 0 Å². The molecule has 0 saturated heterocycles. The van der Waals surface area contributed by atoms with Gasteiger partial charge in [0.2, 0.25) is 0 Å². The summed E-state index contributed by atoms with van der Waals surface area (Å²) in [5.41, 5.74) is 18.6. The smallest absolute Gasteiger partial charge is 0.0533 e. The molecule has 0 radical (unpaired) electrons. The Balaban J connectivity index is 1.64. The maximum atomic E-state index is 2.46. The molecule has 0 aromatic heterocycles. The van der Waals surface area contributed by atoms with Crippen LogP contribution in [0.25, 0.3) is 44.5 Å². The van der Waals surface area contributed by atoms with Crippen LogP contribution in [0.4, 0.5) is 11.4 Å². The molecule has 5 aromatic rings. The van der Waals surface area contributed by atoms with Crippen molar-refractivity contribution in [3.63, 3.8) is 0 Å². The number of hydrogen-bond donors (Lipinski definition) is 0. The van der Waals surface area contributed by atoms with Crippen LogP contribution in [0, 0.1) is 13.8 Å². The Morgan fingerprint density at radius 2 is 1.03 bits per heavy atom. The van der Waals surface area contributed by atoms with Crippen molar-refractivity contribution in [3.8, 4) is 44.5 Å². The highest BCUT2D eigenvalue weighted by molar-refractivity contribution is 6.08. The van der Waals surface area contributed by atoms with Gasteiger partial charge in [0.1, 0.15) is 0 Å². The van der Waals surface area contributed by atoms with E-state index in [0.29, 0.717) is 5.92 Å². The van der Waals surface area contributed by atoms with E-state index < -0.39 is 0 Å². The third-order valence-electron chi connectivity index (χ3n) is 8.21. The molecule has 0 fully saturated rings. The summed E-state index contributed by atoms with van der Waals surface area (Å²) >= 11 is 0. The molecule has 0 amide bonds. The van der Waals surface area contributed by atoms with Gasteiger partial charge in [-0.1, -0.05) is 110 Å². The Kier molecular flexibility index (Phi) is 4.53. The minimum absolute atomic E-state index is 0.329. The largest absolute Gasteiger partial charge is 0.343 e. The average Bonchev–Trinajstić information content (AvgIpc) is 2.90. The highest BCUT2D eigenvalue weighted by Gasteiger charge is 2.33. The predicted molar refractivity (Wildman–Crippen MR) is 153 cm³/mol. The van der Waals surface area contributed by atoms with Crippen molar-refractivity contribution in [2.24, 2.45) is 0 Å². The summed E-state index contributed by atoms with van der Waals surface area (Å²) in [6.45, 7) is 6.83. The number of anilines is 2. The van der Waals surface area contributed by atoms with Gasteiger partial charge in [-0.15, -0.1) is 0 Å². The van der Waals surface area contributed by atoms with Crippen LogP contribution in [0.15, 0.2) is 97.1 Å². The van der Waals surface area contributed by atoms with E-state index in [9.17, 15) is 0 Å². The van der Waals surface area contributed by atoms with Gasteiger partial charge >= 0.3 is 0 Å². The second kappa shape index (κ2) is 7.70. The molecule has 5 aromatic carbocycles. The van der Waals surface area contributed by atoms with Gasteiger partial charge in [-0.05, 0) is 69.5 Å². The highest BCUT2D eigenvalue weighted by Crippen LogP contribution is 2.56. The molecule has 2 aliphatic rings. The predicted octanol–water partition coefficient (Wildman–Crippen LogP) is 9.52. The van der Waals surface area contributed by atoms with Crippen molar-refractivity contribution >= 4 is 11.4 Å². The quantitative estimate of drug-likeness (QED) is 0.217. The van der Waals surface area contributed by atoms with E-state index in [0.717, 1.165) is 0 Å². The van der Waals surface area contributed by atoms with Crippen LogP contribution >= 0.6 is 0 Å². The average molecular weight is 464 g/mol. The zero-order valence-electron chi connectivity index (χ0n) is 21.3. The van der Waals surface area contributed by atoms with Crippen LogP contribution in [-0.4, -0.2) is 7.05 Å². The molecule has 1 nitrogen and oxygen atoms in total. The molecule has 174 valence electrons. The second-order valence-corrected chi connectivity index (χ2v) is 10.4. The lowest BCUT2D eigenvalue weighted by atomic mass is 9.76. The number of fused-ring (bicyclic) bond motifs is 11. The SMILES string of the molecule is Cc1cc(C)c2c(c1)C(C)c1ccc3c(c1N2C)-c1ccccc1-c1ccccc1-c1ccccc1-3. The normalized spacial score (nSPS) is 14.9. The molecular formula is C35H29N. The van der Waals surface area contributed by atoms with Gasteiger partial charge in [-0.2, -0.15) is 0 Å². The first-order valence-electron chi connectivity index (χ1n) is 12.8. The molecule has 7 rings (SSSR count). The molecule has 0 saturated carbocycles. The van der Waals surface area contributed by atoms with Gasteiger partial charge in [0.15, 0.2) is 0 Å². The third kappa shape index (κ3) is 2.83. The lowest BCUT2D eigenvalue weighted by molar-refractivity contribution is 0.877. The summed E-state index contributed by atoms with van der Waals surface area (Å²) in [4.78, 5) is 2.46. The summed E-state index contributed by atoms with van der Waals surface area (Å²) in [5, 5.41) is 0. The van der Waals surface area contributed by atoms with Crippen LogP contribution < -0.4 is 4.90 Å². The van der Waals surface area contributed by atoms with Crippen LogP contribution in [0.2, 0.25) is 0 Å². The fourth-order valence-electron chi connectivity index (χ4n) is 6.72. The van der Waals surface area contributed by atoms with E-state index >= 15 is 0 Å². The topological polar surface area (TPSA) is 3.24 Å². The van der Waals surface area contributed by atoms with E-state index in [2.05, 4.69) is 130 Å². The van der Waals surface area contributed by atoms with Crippen molar-refractivity contribution in [2.75, 3.05) is 11.9 Å². The first kappa shape index (κ1) is 21.2. The summed E-state index contributed by atoms with van der Waals surface area (Å²) in [6, 6.07) is 36.2. The van der Waals surface area contributed by atoms with Crippen molar-refractivity contribution in [1.29, 1.82) is 0 Å². The minimum Gasteiger partial charge on any atom is -0.343 e. The van der Waals surface area contributed by atoms with E-state index in [1.165, 1.54) is 78.1 Å². The number of hydrogen-bond acceptors (Lipinski definition) is 1. The third-order valence-corrected chi connectivity index (χ3v) is 8.21. The van der Waals surface area contributed by atoms with Gasteiger partial charge in [-0.25, -0.2) is 0 Å². The summed E-state index contributed by atoms with van der Waals surface area (Å²) in [7, 11) is 2.26. The fourth-order valence-corrected chi connectivity index (χ4v) is 6.72. The molecule has 1 heteroatoms. The van der Waals surface area contributed by atoms with Crippen LogP contribution in [0.3, 0.4) is 0 Å². The second-order valence-electron chi connectivity index (χ2n) is 10.4. The minimum atomic E-state index is 0.329. The Morgan fingerprint density at radius 1 is 0.528 bits per heavy atom. The number of benzene rings is 5. The summed E-state index contributed by atoms with van der Waals surface area (Å²) < 4.78 is 0. The highest BCUT2D eigenvalue weighted by atomic mass is 15.1. The van der Waals surface area contributed by atoms with Crippen molar-refractivity contribution in [3.05, 3.63) is 119 Å². The maximum absolute atomic E-state index is 2.46. The van der Waals surface area contributed by atoms with Gasteiger partial charge in [0, 0.05) is 24.2 Å². The molecular weight excluding hydrogens is 434 g/mol. The zero-order chi connectivity index (χ0) is 24.6. The standard InChI is InChI=1S/C35H29N/c1-21-19-22(2)34-32(20-21)23(3)24-17-18-31-29-15-8-7-13-27(29)25-11-5-6-12-26(25)28-14-9-10-16-30(28)33(31)35(24)36(34)4/h5-20,23H,1-4H3. The Labute approximate surface area is 213 Å². The Morgan fingerprint density at radius 3 is 1.61 bits per heavy atom. The lowest BCUT2D eigenvalue weighted by Gasteiger charge is -2.38. The molecule has 1 heterocycles. The van der Waals surface area contributed by atoms with Gasteiger partial charge < -0.3 is 4.90 Å². The molecule has 1 atom stereocenters. The number of nitrogens with zero attached hydrogens (tertiary/aromatic N) is 1. The molecule has 0 N–H and O–H groups in total. The molecule has 0 bridgehead atoms.